The van der Waals surface area contributed by atoms with Gasteiger partial charge in [0.25, 0.3) is 0 Å². The molecule has 0 heterocycles. The fourth-order valence-electron chi connectivity index (χ4n) is 6.20. The van der Waals surface area contributed by atoms with E-state index >= 15 is 0 Å². The first kappa shape index (κ1) is 16.0. The third kappa shape index (κ3) is 1.99. The molecule has 0 aliphatic heterocycles. The molecule has 6 atom stereocenters. The van der Waals surface area contributed by atoms with Crippen LogP contribution in [0.15, 0.2) is 24.3 Å². The summed E-state index contributed by atoms with van der Waals surface area (Å²) in [7, 11) is 0. The molecule has 22 heavy (non-hydrogen) atoms. The second kappa shape index (κ2) is 5.06. The number of allylic oxidation sites excluding steroid dienone is 3. The first-order valence-corrected chi connectivity index (χ1v) is 8.76. The van der Waals surface area contributed by atoms with Crippen molar-refractivity contribution in [3.8, 4) is 0 Å². The third-order valence-electron chi connectivity index (χ3n) is 7.42. The highest BCUT2D eigenvalue weighted by atomic mass is 16.3. The molecule has 0 saturated heterocycles. The van der Waals surface area contributed by atoms with Crippen LogP contribution in [0.3, 0.4) is 0 Å². The molecule has 0 bridgehead atoms. The van der Waals surface area contributed by atoms with Crippen LogP contribution in [0.2, 0.25) is 0 Å². The van der Waals surface area contributed by atoms with Gasteiger partial charge in [-0.05, 0) is 53.9 Å². The van der Waals surface area contributed by atoms with Crippen LogP contribution >= 0.6 is 0 Å². The van der Waals surface area contributed by atoms with Crippen molar-refractivity contribution in [1.82, 2.24) is 0 Å². The van der Waals surface area contributed by atoms with Gasteiger partial charge >= 0.3 is 0 Å². The van der Waals surface area contributed by atoms with Crippen LogP contribution in [0.25, 0.3) is 0 Å². The molecule has 1 N–H and O–H groups in total. The van der Waals surface area contributed by atoms with Crippen molar-refractivity contribution in [2.24, 2.45) is 34.5 Å². The van der Waals surface area contributed by atoms with Crippen LogP contribution in [0.4, 0.5) is 0 Å². The van der Waals surface area contributed by atoms with Crippen LogP contribution in [-0.4, -0.2) is 17.0 Å². The highest BCUT2D eigenvalue weighted by Gasteiger charge is 2.60. The predicted molar refractivity (Wildman–Crippen MR) is 89.3 cm³/mol. The molecule has 3 aliphatic rings. The topological polar surface area (TPSA) is 37.3 Å². The van der Waals surface area contributed by atoms with Crippen molar-refractivity contribution >= 4 is 5.78 Å². The number of ketones is 1. The fraction of sp³-hybridized carbons (Fsp3) is 0.750. The fourth-order valence-corrected chi connectivity index (χ4v) is 6.20. The van der Waals surface area contributed by atoms with Gasteiger partial charge in [0, 0.05) is 11.8 Å². The molecule has 0 unspecified atom stereocenters. The van der Waals surface area contributed by atoms with Gasteiger partial charge in [-0.25, -0.2) is 0 Å². The average molecular weight is 302 g/mol. The zero-order chi connectivity index (χ0) is 16.3. The average Bonchev–Trinajstić information content (AvgIpc) is 2.46. The Kier molecular flexibility index (Phi) is 3.67. The Bertz CT molecular complexity index is 530. The van der Waals surface area contributed by atoms with Gasteiger partial charge in [0.1, 0.15) is 6.10 Å². The third-order valence-corrected chi connectivity index (χ3v) is 7.42. The number of hydrogen-bond donors (Lipinski definition) is 1. The molecule has 0 aromatic heterocycles. The minimum Gasteiger partial charge on any atom is -0.385 e. The molecule has 122 valence electrons. The van der Waals surface area contributed by atoms with E-state index in [2.05, 4.69) is 40.3 Å². The summed E-state index contributed by atoms with van der Waals surface area (Å²) in [5.74, 6) is 2.23. The Hall–Kier alpha value is -0.890. The predicted octanol–water partition coefficient (Wildman–Crippen LogP) is 4.15. The lowest BCUT2D eigenvalue weighted by Gasteiger charge is -2.61. The zero-order valence-electron chi connectivity index (χ0n) is 14.4. The number of carbonyl (C=O) groups excluding carboxylic acids is 1. The molecular formula is C20H30O2. The Balaban J connectivity index is 2.01. The van der Waals surface area contributed by atoms with Crippen LogP contribution in [0, 0.1) is 34.5 Å². The summed E-state index contributed by atoms with van der Waals surface area (Å²) in [6.45, 7) is 12.8. The van der Waals surface area contributed by atoms with Crippen molar-refractivity contribution in [2.45, 2.75) is 59.5 Å². The second-order valence-corrected chi connectivity index (χ2v) is 8.71. The van der Waals surface area contributed by atoms with E-state index in [1.165, 1.54) is 12.0 Å². The molecule has 0 aromatic carbocycles. The smallest absolute Gasteiger partial charge is 0.162 e. The van der Waals surface area contributed by atoms with Gasteiger partial charge in [0.2, 0.25) is 0 Å². The maximum Gasteiger partial charge on any atom is 0.162 e. The van der Waals surface area contributed by atoms with Gasteiger partial charge in [-0.2, -0.15) is 0 Å². The maximum atomic E-state index is 12.5. The summed E-state index contributed by atoms with van der Waals surface area (Å²) >= 11 is 0. The number of Topliss-reactive ketones (excluding diaryl/α,β-unsaturated/α-hetero) is 1. The first-order chi connectivity index (χ1) is 10.2. The van der Waals surface area contributed by atoms with Gasteiger partial charge in [0.15, 0.2) is 5.78 Å². The minimum atomic E-state index is -0.789. The molecule has 3 rings (SSSR count). The van der Waals surface area contributed by atoms with E-state index in [4.69, 9.17) is 0 Å². The van der Waals surface area contributed by atoms with E-state index in [-0.39, 0.29) is 16.6 Å². The highest BCUT2D eigenvalue weighted by Crippen LogP contribution is 2.63. The second-order valence-electron chi connectivity index (χ2n) is 8.71. The van der Waals surface area contributed by atoms with E-state index in [1.807, 2.05) is 6.08 Å². The monoisotopic (exact) mass is 302 g/mol. The van der Waals surface area contributed by atoms with E-state index in [0.29, 0.717) is 30.1 Å². The van der Waals surface area contributed by atoms with E-state index in [1.54, 1.807) is 0 Å². The highest BCUT2D eigenvalue weighted by molar-refractivity contribution is 5.85. The number of aliphatic hydroxyl groups is 1. The lowest BCUT2D eigenvalue weighted by Crippen LogP contribution is -2.60. The molecule has 0 aromatic rings. The lowest BCUT2D eigenvalue weighted by molar-refractivity contribution is -0.173. The van der Waals surface area contributed by atoms with Gasteiger partial charge in [-0.15, -0.1) is 0 Å². The largest absolute Gasteiger partial charge is 0.385 e. The molecular weight excluding hydrogens is 272 g/mol. The summed E-state index contributed by atoms with van der Waals surface area (Å²) in [5.41, 5.74) is 1.10. The molecule has 3 aliphatic carbocycles. The molecule has 0 spiro atoms. The van der Waals surface area contributed by atoms with Crippen LogP contribution < -0.4 is 0 Å². The van der Waals surface area contributed by atoms with Gasteiger partial charge in [-0.3, -0.25) is 4.79 Å². The summed E-state index contributed by atoms with van der Waals surface area (Å²) < 4.78 is 0. The molecule has 2 fully saturated rings. The Morgan fingerprint density at radius 3 is 2.64 bits per heavy atom. The van der Waals surface area contributed by atoms with Crippen LogP contribution in [0.5, 0.6) is 0 Å². The quantitative estimate of drug-likeness (QED) is 0.790. The first-order valence-electron chi connectivity index (χ1n) is 8.76. The number of carbonyl (C=O) groups is 1. The molecule has 0 amide bonds. The van der Waals surface area contributed by atoms with Gasteiger partial charge in [-0.1, -0.05) is 46.4 Å². The SMILES string of the molecule is C=CC1=CC[C@H]2[C@H](CC[C@@H]3C(C)(C)[C@H](O)C(=O)C[C@]32C)[C@@H]1C. The van der Waals surface area contributed by atoms with Crippen molar-refractivity contribution in [1.29, 1.82) is 0 Å². The van der Waals surface area contributed by atoms with Crippen molar-refractivity contribution in [3.63, 3.8) is 0 Å². The number of rotatable bonds is 1. The van der Waals surface area contributed by atoms with Crippen molar-refractivity contribution < 1.29 is 9.90 Å². The number of hydrogen-bond acceptors (Lipinski definition) is 2. The number of aliphatic hydroxyl groups excluding tert-OH is 1. The Morgan fingerprint density at radius 2 is 2.00 bits per heavy atom. The van der Waals surface area contributed by atoms with Gasteiger partial charge in [0.05, 0.1) is 0 Å². The molecule has 0 radical (unpaired) electrons. The van der Waals surface area contributed by atoms with Crippen molar-refractivity contribution in [2.75, 3.05) is 0 Å². The summed E-state index contributed by atoms with van der Waals surface area (Å²) in [6, 6.07) is 0. The van der Waals surface area contributed by atoms with E-state index < -0.39 is 6.10 Å². The summed E-state index contributed by atoms with van der Waals surface area (Å²) in [4.78, 5) is 12.5. The normalized spacial score (nSPS) is 47.2. The van der Waals surface area contributed by atoms with Crippen molar-refractivity contribution in [3.05, 3.63) is 24.3 Å². The Labute approximate surface area is 134 Å². The standard InChI is InChI=1S/C20H30O2/c1-6-13-7-9-15-14(12(13)2)8-10-17-19(3,4)18(22)16(21)11-20(15,17)5/h6-7,12,14-15,17-18,22H,1,8-11H2,2-5H3/t12-,14-,15+,17-,18-,20+/m1/s1. The minimum absolute atomic E-state index is 0.0280. The zero-order valence-corrected chi connectivity index (χ0v) is 14.4. The molecule has 2 nitrogen and oxygen atoms in total. The maximum absolute atomic E-state index is 12.5. The Morgan fingerprint density at radius 1 is 1.32 bits per heavy atom. The number of fused-ring (bicyclic) bond motifs is 3. The van der Waals surface area contributed by atoms with E-state index in [9.17, 15) is 9.90 Å². The van der Waals surface area contributed by atoms with Crippen LogP contribution in [-0.2, 0) is 4.79 Å². The molecule has 2 saturated carbocycles. The van der Waals surface area contributed by atoms with E-state index in [0.717, 1.165) is 12.8 Å². The van der Waals surface area contributed by atoms with Gasteiger partial charge < -0.3 is 5.11 Å². The molecule has 2 heteroatoms. The summed E-state index contributed by atoms with van der Waals surface area (Å²) in [6.07, 6.45) is 7.51. The van der Waals surface area contributed by atoms with Crippen LogP contribution in [0.1, 0.15) is 53.4 Å². The lowest BCUT2D eigenvalue weighted by atomic mass is 9.43. The summed E-state index contributed by atoms with van der Waals surface area (Å²) in [5, 5.41) is 10.4.